The molecule has 3 N–H and O–H groups in total. The average molecular weight is 206 g/mol. The van der Waals surface area contributed by atoms with Gasteiger partial charge in [0.2, 0.25) is 0 Å². The molecule has 1 aliphatic rings. The van der Waals surface area contributed by atoms with Crippen LogP contribution in [-0.2, 0) is 12.8 Å². The van der Waals surface area contributed by atoms with Gasteiger partial charge in [-0.25, -0.2) is 0 Å². The first-order valence-electron chi connectivity index (χ1n) is 4.83. The number of nitrogens with one attached hydrogen (secondary N) is 1. The van der Waals surface area contributed by atoms with Crippen LogP contribution in [0.3, 0.4) is 0 Å². The Kier molecular flexibility index (Phi) is 2.42. The maximum Gasteiger partial charge on any atom is 0.168 e. The van der Waals surface area contributed by atoms with Crippen molar-refractivity contribution in [3.8, 4) is 0 Å². The first-order valence-corrected chi connectivity index (χ1v) is 5.24. The fraction of sp³-hybridized carbons (Fsp3) is 0.364. The first kappa shape index (κ1) is 9.46. The van der Waals surface area contributed by atoms with E-state index in [1.165, 1.54) is 24.0 Å². The van der Waals surface area contributed by atoms with Crippen LogP contribution in [0.1, 0.15) is 18.1 Å². The van der Waals surface area contributed by atoms with Crippen molar-refractivity contribution in [1.82, 2.24) is 0 Å². The standard InChI is InChI=1S/C11H14N2S/c1-7-4-8-2-3-10(13-11(12)14)6-9(8)5-7/h2-3,6-7H,4-5H2,1H3,(H3,12,13,14). The Hall–Kier alpha value is -1.09. The van der Waals surface area contributed by atoms with E-state index in [4.69, 9.17) is 18.0 Å². The van der Waals surface area contributed by atoms with Crippen LogP contribution in [0.25, 0.3) is 0 Å². The zero-order valence-corrected chi connectivity index (χ0v) is 9.03. The van der Waals surface area contributed by atoms with Gasteiger partial charge in [-0.05, 0) is 54.2 Å². The van der Waals surface area contributed by atoms with E-state index < -0.39 is 0 Å². The predicted molar refractivity (Wildman–Crippen MR) is 63.4 cm³/mol. The van der Waals surface area contributed by atoms with Gasteiger partial charge in [-0.15, -0.1) is 0 Å². The molecule has 1 aromatic carbocycles. The molecule has 0 bridgehead atoms. The van der Waals surface area contributed by atoms with Crippen LogP contribution in [0.4, 0.5) is 5.69 Å². The third-order valence-electron chi connectivity index (χ3n) is 2.61. The van der Waals surface area contributed by atoms with Gasteiger partial charge in [-0.3, -0.25) is 0 Å². The molecule has 0 aromatic heterocycles. The lowest BCUT2D eigenvalue weighted by atomic mass is 10.1. The zero-order chi connectivity index (χ0) is 10.1. The molecule has 1 aliphatic carbocycles. The summed E-state index contributed by atoms with van der Waals surface area (Å²) in [4.78, 5) is 0. The van der Waals surface area contributed by atoms with Gasteiger partial charge in [0.05, 0.1) is 0 Å². The van der Waals surface area contributed by atoms with Crippen molar-refractivity contribution in [2.75, 3.05) is 5.32 Å². The fourth-order valence-electron chi connectivity index (χ4n) is 2.06. The lowest BCUT2D eigenvalue weighted by molar-refractivity contribution is 0.628. The highest BCUT2D eigenvalue weighted by atomic mass is 32.1. The van der Waals surface area contributed by atoms with Crippen molar-refractivity contribution in [2.45, 2.75) is 19.8 Å². The Balaban J connectivity index is 2.24. The van der Waals surface area contributed by atoms with E-state index in [2.05, 4.69) is 24.4 Å². The summed E-state index contributed by atoms with van der Waals surface area (Å²) in [6, 6.07) is 6.35. The first-order chi connectivity index (χ1) is 6.65. The molecular weight excluding hydrogens is 192 g/mol. The molecule has 0 amide bonds. The molecule has 0 heterocycles. The second kappa shape index (κ2) is 3.58. The van der Waals surface area contributed by atoms with E-state index in [1.54, 1.807) is 0 Å². The lowest BCUT2D eigenvalue weighted by Gasteiger charge is -2.05. The van der Waals surface area contributed by atoms with Crippen LogP contribution < -0.4 is 11.1 Å². The van der Waals surface area contributed by atoms with Crippen LogP contribution in [0, 0.1) is 5.92 Å². The topological polar surface area (TPSA) is 38.0 Å². The van der Waals surface area contributed by atoms with E-state index in [-0.39, 0.29) is 0 Å². The summed E-state index contributed by atoms with van der Waals surface area (Å²) in [5.74, 6) is 0.769. The quantitative estimate of drug-likeness (QED) is 0.691. The normalized spacial score (nSPS) is 19.1. The number of rotatable bonds is 1. The Labute approximate surface area is 89.5 Å². The Morgan fingerprint density at radius 2 is 2.14 bits per heavy atom. The highest BCUT2D eigenvalue weighted by molar-refractivity contribution is 7.80. The summed E-state index contributed by atoms with van der Waals surface area (Å²) in [6.45, 7) is 2.28. The molecule has 0 aliphatic heterocycles. The minimum atomic E-state index is 0.330. The number of anilines is 1. The molecule has 14 heavy (non-hydrogen) atoms. The van der Waals surface area contributed by atoms with Crippen molar-refractivity contribution in [2.24, 2.45) is 11.7 Å². The van der Waals surface area contributed by atoms with Gasteiger partial charge in [0.25, 0.3) is 0 Å². The largest absolute Gasteiger partial charge is 0.376 e. The van der Waals surface area contributed by atoms with Gasteiger partial charge >= 0.3 is 0 Å². The number of benzene rings is 1. The summed E-state index contributed by atoms with van der Waals surface area (Å²) < 4.78 is 0. The number of fused-ring (bicyclic) bond motifs is 1. The average Bonchev–Trinajstić information content (AvgIpc) is 2.42. The summed E-state index contributed by atoms with van der Waals surface area (Å²) in [7, 11) is 0. The highest BCUT2D eigenvalue weighted by Crippen LogP contribution is 2.28. The summed E-state index contributed by atoms with van der Waals surface area (Å²) >= 11 is 4.80. The monoisotopic (exact) mass is 206 g/mol. The van der Waals surface area contributed by atoms with Crippen molar-refractivity contribution < 1.29 is 0 Å². The van der Waals surface area contributed by atoms with Gasteiger partial charge in [-0.2, -0.15) is 0 Å². The summed E-state index contributed by atoms with van der Waals surface area (Å²) in [5.41, 5.74) is 9.32. The van der Waals surface area contributed by atoms with E-state index in [0.717, 1.165) is 11.6 Å². The van der Waals surface area contributed by atoms with Crippen LogP contribution >= 0.6 is 12.2 Å². The molecule has 2 rings (SSSR count). The molecule has 0 saturated carbocycles. The van der Waals surface area contributed by atoms with Crippen LogP contribution in [0.2, 0.25) is 0 Å². The molecule has 2 nitrogen and oxygen atoms in total. The molecule has 1 unspecified atom stereocenters. The third kappa shape index (κ3) is 1.87. The van der Waals surface area contributed by atoms with Crippen molar-refractivity contribution in [3.05, 3.63) is 29.3 Å². The fourth-order valence-corrected chi connectivity index (χ4v) is 2.18. The van der Waals surface area contributed by atoms with Gasteiger partial charge in [0, 0.05) is 5.69 Å². The van der Waals surface area contributed by atoms with Crippen LogP contribution in [0.15, 0.2) is 18.2 Å². The second-order valence-corrected chi connectivity index (χ2v) is 4.43. The summed E-state index contributed by atoms with van der Waals surface area (Å²) in [6.07, 6.45) is 2.37. The van der Waals surface area contributed by atoms with Crippen molar-refractivity contribution in [1.29, 1.82) is 0 Å². The third-order valence-corrected chi connectivity index (χ3v) is 2.71. The molecule has 1 atom stereocenters. The predicted octanol–water partition coefficient (Wildman–Crippen LogP) is 2.08. The van der Waals surface area contributed by atoms with Crippen LogP contribution in [-0.4, -0.2) is 5.11 Å². The minimum absolute atomic E-state index is 0.330. The maximum atomic E-state index is 5.42. The number of thiocarbonyl (C=S) groups is 1. The SMILES string of the molecule is CC1Cc2ccc(NC(N)=S)cc2C1. The highest BCUT2D eigenvalue weighted by Gasteiger charge is 2.17. The number of hydrogen-bond acceptors (Lipinski definition) is 1. The Bertz CT molecular complexity index is 374. The zero-order valence-electron chi connectivity index (χ0n) is 8.21. The second-order valence-electron chi connectivity index (χ2n) is 3.99. The van der Waals surface area contributed by atoms with Gasteiger partial charge in [0.15, 0.2) is 5.11 Å². The molecule has 1 aromatic rings. The molecule has 3 heteroatoms. The van der Waals surface area contributed by atoms with E-state index in [9.17, 15) is 0 Å². The van der Waals surface area contributed by atoms with E-state index in [0.29, 0.717) is 5.11 Å². The minimum Gasteiger partial charge on any atom is -0.376 e. The van der Waals surface area contributed by atoms with Gasteiger partial charge in [0.1, 0.15) is 0 Å². The molecule has 0 radical (unpaired) electrons. The Morgan fingerprint density at radius 1 is 1.43 bits per heavy atom. The maximum absolute atomic E-state index is 5.42. The molecular formula is C11H14N2S. The van der Waals surface area contributed by atoms with E-state index in [1.807, 2.05) is 6.07 Å². The Morgan fingerprint density at radius 3 is 2.86 bits per heavy atom. The number of hydrogen-bond donors (Lipinski definition) is 2. The van der Waals surface area contributed by atoms with E-state index >= 15 is 0 Å². The van der Waals surface area contributed by atoms with Crippen molar-refractivity contribution in [3.63, 3.8) is 0 Å². The van der Waals surface area contributed by atoms with Crippen molar-refractivity contribution >= 4 is 23.0 Å². The lowest BCUT2D eigenvalue weighted by Crippen LogP contribution is -2.18. The molecule has 0 spiro atoms. The smallest absolute Gasteiger partial charge is 0.168 e. The molecule has 0 fully saturated rings. The number of nitrogens with two attached hydrogens (primary N) is 1. The van der Waals surface area contributed by atoms with Gasteiger partial charge in [-0.1, -0.05) is 13.0 Å². The summed E-state index contributed by atoms with van der Waals surface area (Å²) in [5, 5.41) is 3.29. The van der Waals surface area contributed by atoms with Crippen LogP contribution in [0.5, 0.6) is 0 Å². The van der Waals surface area contributed by atoms with Gasteiger partial charge < -0.3 is 11.1 Å². The molecule has 74 valence electrons. The molecule has 0 saturated heterocycles.